The van der Waals surface area contributed by atoms with Crippen molar-refractivity contribution in [2.75, 3.05) is 56.0 Å². The lowest BCUT2D eigenvalue weighted by Gasteiger charge is -2.38. The van der Waals surface area contributed by atoms with E-state index in [-0.39, 0.29) is 41.3 Å². The van der Waals surface area contributed by atoms with Crippen LogP contribution in [0.5, 0.6) is 11.5 Å². The zero-order valence-corrected chi connectivity index (χ0v) is 31.2. The molecule has 0 spiro atoms. The fourth-order valence-electron chi connectivity index (χ4n) is 8.08. The lowest BCUT2D eigenvalue weighted by molar-refractivity contribution is -0.134. The van der Waals surface area contributed by atoms with Gasteiger partial charge in [0.05, 0.1) is 18.5 Å². The van der Waals surface area contributed by atoms with E-state index < -0.39 is 6.04 Å². The van der Waals surface area contributed by atoms with E-state index in [2.05, 4.69) is 44.7 Å². The highest BCUT2D eigenvalue weighted by Crippen LogP contribution is 2.39. The number of hydrogen-bond acceptors (Lipinski definition) is 11. The third-order valence-corrected chi connectivity index (χ3v) is 11.4. The summed E-state index contributed by atoms with van der Waals surface area (Å²) in [5, 5.41) is 15.8. The lowest BCUT2D eigenvalue weighted by Crippen LogP contribution is -2.51. The van der Waals surface area contributed by atoms with Crippen LogP contribution in [-0.4, -0.2) is 90.6 Å². The Balaban J connectivity index is 0.829. The number of para-hydroxylation sites is 1. The molecule has 3 amide bonds. The number of carbonyl (C=O) groups is 3. The van der Waals surface area contributed by atoms with Crippen molar-refractivity contribution < 1.29 is 24.2 Å². The van der Waals surface area contributed by atoms with Gasteiger partial charge in [-0.3, -0.25) is 24.6 Å². The third-order valence-electron chi connectivity index (χ3n) is 11.4. The normalized spacial score (nSPS) is 22.4. The van der Waals surface area contributed by atoms with Crippen LogP contribution in [0.25, 0.3) is 5.70 Å². The zero-order valence-electron chi connectivity index (χ0n) is 31.2. The highest BCUT2D eigenvalue weighted by Gasteiger charge is 2.34. The summed E-state index contributed by atoms with van der Waals surface area (Å²) >= 11 is 0. The van der Waals surface area contributed by atoms with Crippen molar-refractivity contribution in [3.05, 3.63) is 101 Å². The summed E-state index contributed by atoms with van der Waals surface area (Å²) in [6.07, 6.45) is 6.10. The second-order valence-electron chi connectivity index (χ2n) is 15.1. The largest absolute Gasteiger partial charge is 0.507 e. The van der Waals surface area contributed by atoms with Crippen LogP contribution in [-0.2, 0) is 14.4 Å². The van der Waals surface area contributed by atoms with Gasteiger partial charge >= 0.3 is 0 Å². The van der Waals surface area contributed by atoms with E-state index in [1.165, 1.54) is 5.56 Å². The summed E-state index contributed by atoms with van der Waals surface area (Å²) < 4.78 is 6.35. The van der Waals surface area contributed by atoms with E-state index in [0.29, 0.717) is 49.7 Å². The average Bonchev–Trinajstić information content (AvgIpc) is 3.17. The van der Waals surface area contributed by atoms with E-state index in [1.54, 1.807) is 24.3 Å². The van der Waals surface area contributed by atoms with Crippen molar-refractivity contribution in [1.82, 2.24) is 15.1 Å². The van der Waals surface area contributed by atoms with Crippen LogP contribution in [0.1, 0.15) is 55.6 Å². The summed E-state index contributed by atoms with van der Waals surface area (Å²) in [6, 6.07) is 22.9. The molecule has 3 saturated heterocycles. The molecular formula is C42H52N8O5. The molecule has 55 heavy (non-hydrogen) atoms. The summed E-state index contributed by atoms with van der Waals surface area (Å²) in [5.74, 6) is 1.35. The Hall–Kier alpha value is -5.69. The van der Waals surface area contributed by atoms with Crippen LogP contribution in [0, 0.1) is 5.92 Å². The van der Waals surface area contributed by atoms with E-state index in [4.69, 9.17) is 21.9 Å². The molecular weight excluding hydrogens is 697 g/mol. The first kappa shape index (κ1) is 37.6. The minimum atomic E-state index is -0.394. The number of allylic oxidation sites excluding steroid dienone is 2. The predicted molar refractivity (Wildman–Crippen MR) is 213 cm³/mol. The van der Waals surface area contributed by atoms with Gasteiger partial charge in [-0.15, -0.1) is 0 Å². The van der Waals surface area contributed by atoms with E-state index in [1.807, 2.05) is 35.2 Å². The predicted octanol–water partition coefficient (Wildman–Crippen LogP) is 3.42. The van der Waals surface area contributed by atoms with E-state index in [9.17, 15) is 19.5 Å². The van der Waals surface area contributed by atoms with Crippen molar-refractivity contribution in [1.29, 1.82) is 0 Å². The Morgan fingerprint density at radius 1 is 0.891 bits per heavy atom. The van der Waals surface area contributed by atoms with Crippen LogP contribution < -0.4 is 37.5 Å². The molecule has 7 rings (SSSR count). The summed E-state index contributed by atoms with van der Waals surface area (Å²) in [4.78, 5) is 43.4. The van der Waals surface area contributed by atoms with Crippen molar-refractivity contribution >= 4 is 34.8 Å². The van der Waals surface area contributed by atoms with Crippen molar-refractivity contribution in [3.63, 3.8) is 0 Å². The third kappa shape index (κ3) is 9.17. The molecule has 3 aromatic carbocycles. The number of ether oxygens (including phenoxy) is 1. The Kier molecular flexibility index (Phi) is 11.5. The summed E-state index contributed by atoms with van der Waals surface area (Å²) in [5.41, 5.74) is 23.3. The maximum absolute atomic E-state index is 13.3. The number of aromatic hydroxyl groups is 1. The standard InChI is InChI=1S/C42H52N8O5/c43-36(34-6-1-2-7-38(34)51)25-35(41(44)45)29-22-33(23-29)55-32-5-3-4-31(24-32)49-18-20-50(21-19-49)40(53)26-48-16-14-28(15-17-48)27-8-10-30(11-9-27)46-37-12-13-39(52)47-42(37)54/h1-11,24-25,28-29,33,37,46,51H,12-23,26,43-45H2,(H,47,52,54)/b36-25-. The number of rotatable bonds is 11. The minimum Gasteiger partial charge on any atom is -0.507 e. The van der Waals surface area contributed by atoms with Crippen LogP contribution >= 0.6 is 0 Å². The molecule has 1 unspecified atom stereocenters. The number of nitrogens with two attached hydrogens (primary N) is 3. The Morgan fingerprint density at radius 2 is 1.62 bits per heavy atom. The van der Waals surface area contributed by atoms with Gasteiger partial charge in [0.25, 0.3) is 0 Å². The number of nitrogens with zero attached hydrogens (tertiary/aromatic N) is 3. The van der Waals surface area contributed by atoms with Gasteiger partial charge in [0, 0.05) is 61.3 Å². The molecule has 1 atom stereocenters. The van der Waals surface area contributed by atoms with E-state index in [0.717, 1.165) is 74.6 Å². The first-order valence-electron chi connectivity index (χ1n) is 19.3. The molecule has 3 aromatic rings. The number of amides is 3. The molecule has 4 aliphatic rings. The Morgan fingerprint density at radius 3 is 2.31 bits per heavy atom. The van der Waals surface area contributed by atoms with Gasteiger partial charge < -0.3 is 42.2 Å². The molecule has 0 bridgehead atoms. The zero-order chi connectivity index (χ0) is 38.5. The molecule has 13 nitrogen and oxygen atoms in total. The fraction of sp³-hybridized carbons (Fsp3) is 0.405. The monoisotopic (exact) mass is 748 g/mol. The topological polar surface area (TPSA) is 193 Å². The molecule has 9 N–H and O–H groups in total. The number of piperazine rings is 1. The molecule has 1 aliphatic carbocycles. The van der Waals surface area contributed by atoms with Gasteiger partial charge in [0.15, 0.2) is 0 Å². The number of piperidine rings is 2. The first-order chi connectivity index (χ1) is 26.6. The molecule has 0 aromatic heterocycles. The number of likely N-dealkylation sites (tertiary alicyclic amines) is 1. The van der Waals surface area contributed by atoms with E-state index >= 15 is 0 Å². The van der Waals surface area contributed by atoms with Gasteiger partial charge in [0.1, 0.15) is 17.5 Å². The highest BCUT2D eigenvalue weighted by atomic mass is 16.5. The van der Waals surface area contributed by atoms with Gasteiger partial charge in [-0.2, -0.15) is 0 Å². The average molecular weight is 749 g/mol. The maximum Gasteiger partial charge on any atom is 0.249 e. The molecule has 3 heterocycles. The van der Waals surface area contributed by atoms with Crippen LogP contribution in [0.4, 0.5) is 11.4 Å². The Labute approximate surface area is 322 Å². The second kappa shape index (κ2) is 16.8. The number of hydrogen-bond donors (Lipinski definition) is 6. The number of anilines is 2. The van der Waals surface area contributed by atoms with Crippen LogP contribution in [0.3, 0.4) is 0 Å². The number of nitrogens with one attached hydrogen (secondary N) is 2. The Bertz CT molecular complexity index is 1920. The molecule has 13 heteroatoms. The number of phenolic OH excluding ortho intramolecular Hbond substituents is 1. The first-order valence-corrected chi connectivity index (χ1v) is 19.3. The molecule has 290 valence electrons. The van der Waals surface area contributed by atoms with Crippen molar-refractivity contribution in [2.45, 2.75) is 56.6 Å². The van der Waals surface area contributed by atoms with Crippen LogP contribution in [0.2, 0.25) is 0 Å². The van der Waals surface area contributed by atoms with Crippen molar-refractivity contribution in [2.24, 2.45) is 23.1 Å². The minimum absolute atomic E-state index is 0.0172. The quantitative estimate of drug-likeness (QED) is 0.124. The van der Waals surface area contributed by atoms with Gasteiger partial charge in [-0.25, -0.2) is 0 Å². The number of carbonyl (C=O) groups excluding carboxylic acids is 3. The number of phenols is 1. The molecule has 3 aliphatic heterocycles. The maximum atomic E-state index is 13.3. The second-order valence-corrected chi connectivity index (χ2v) is 15.1. The lowest BCUT2D eigenvalue weighted by atomic mass is 9.76. The number of benzene rings is 3. The molecule has 1 saturated carbocycles. The highest BCUT2D eigenvalue weighted by molar-refractivity contribution is 6.01. The summed E-state index contributed by atoms with van der Waals surface area (Å²) in [7, 11) is 0. The molecule has 4 fully saturated rings. The summed E-state index contributed by atoms with van der Waals surface area (Å²) in [6.45, 7) is 5.06. The van der Waals surface area contributed by atoms with Gasteiger partial charge in [-0.1, -0.05) is 30.3 Å². The number of imide groups is 1. The van der Waals surface area contributed by atoms with Gasteiger partial charge in [-0.05, 0) is 111 Å². The van der Waals surface area contributed by atoms with Gasteiger partial charge in [0.2, 0.25) is 17.7 Å². The molecule has 0 radical (unpaired) electrons. The fourth-order valence-corrected chi connectivity index (χ4v) is 8.08. The van der Waals surface area contributed by atoms with Crippen LogP contribution in [0.15, 0.2) is 90.3 Å². The smallest absolute Gasteiger partial charge is 0.249 e. The van der Waals surface area contributed by atoms with Crippen molar-refractivity contribution in [3.8, 4) is 11.5 Å². The SMILES string of the molecule is NC(N)=C(/C=C(\N)c1ccccc1O)C1CC(Oc2cccc(N3CCN(C(=O)CN4CCC(c5ccc(NC6CCC(=O)NC6=O)cc5)CC4)CC3)c2)C1.